The molecule has 0 unspecified atom stereocenters. The summed E-state index contributed by atoms with van der Waals surface area (Å²) >= 11 is 0. The van der Waals surface area contributed by atoms with Crippen LogP contribution in [0, 0.1) is 0 Å². The third-order valence-corrected chi connectivity index (χ3v) is 12.8. The highest BCUT2D eigenvalue weighted by atomic mass is 15.1. The van der Waals surface area contributed by atoms with Crippen LogP contribution in [0.15, 0.2) is 212 Å². The van der Waals surface area contributed by atoms with Gasteiger partial charge < -0.3 is 9.47 Å². The molecule has 0 saturated heterocycles. The fourth-order valence-electron chi connectivity index (χ4n) is 9.86. The van der Waals surface area contributed by atoms with Crippen LogP contribution in [-0.2, 0) is 0 Å². The van der Waals surface area contributed by atoms with Crippen molar-refractivity contribution in [2.75, 3.05) is 4.90 Å². The van der Waals surface area contributed by atoms with E-state index in [1.807, 2.05) is 0 Å². The van der Waals surface area contributed by atoms with Gasteiger partial charge in [0.2, 0.25) is 0 Å². The molecule has 9 aromatic carbocycles. The molecule has 288 valence electrons. The van der Waals surface area contributed by atoms with Crippen LogP contribution in [0.1, 0.15) is 43.6 Å². The van der Waals surface area contributed by atoms with Crippen molar-refractivity contribution >= 4 is 49.6 Å². The summed E-state index contributed by atoms with van der Waals surface area (Å²) in [6, 6.07) is 78.4. The number of para-hydroxylation sites is 1. The Labute approximate surface area is 352 Å². The molecule has 1 aliphatic rings. The van der Waals surface area contributed by atoms with Gasteiger partial charge >= 0.3 is 0 Å². The van der Waals surface area contributed by atoms with Gasteiger partial charge in [0.05, 0.1) is 22.4 Å². The normalized spacial score (nSPS) is 13.3. The zero-order chi connectivity index (χ0) is 39.8. The Kier molecular flexibility index (Phi) is 9.32. The molecule has 0 bridgehead atoms. The Morgan fingerprint density at radius 2 is 1.02 bits per heavy atom. The highest BCUT2D eigenvalue weighted by Crippen LogP contribution is 2.49. The van der Waals surface area contributed by atoms with E-state index >= 15 is 0 Å². The molecule has 11 rings (SSSR count). The fourth-order valence-corrected chi connectivity index (χ4v) is 9.86. The largest absolute Gasteiger partial charge is 0.309 e. The molecule has 60 heavy (non-hydrogen) atoms. The number of hydrogen-bond donors (Lipinski definition) is 0. The van der Waals surface area contributed by atoms with Crippen molar-refractivity contribution in [3.8, 4) is 39.1 Å². The topological polar surface area (TPSA) is 8.17 Å². The van der Waals surface area contributed by atoms with E-state index in [1.165, 1.54) is 109 Å². The molecular formula is C58H46N2. The minimum atomic E-state index is 0.666. The zero-order valence-electron chi connectivity index (χ0n) is 33.7. The monoisotopic (exact) mass is 770 g/mol. The summed E-state index contributed by atoms with van der Waals surface area (Å²) in [4.78, 5) is 2.51. The van der Waals surface area contributed by atoms with Crippen LogP contribution in [0.4, 0.5) is 17.1 Å². The van der Waals surface area contributed by atoms with Crippen molar-refractivity contribution < 1.29 is 0 Å². The lowest BCUT2D eigenvalue weighted by Gasteiger charge is -2.31. The molecule has 0 N–H and O–H groups in total. The average Bonchev–Trinajstić information content (AvgIpc) is 3.66. The van der Waals surface area contributed by atoms with Gasteiger partial charge in [0.15, 0.2) is 0 Å². The van der Waals surface area contributed by atoms with Crippen molar-refractivity contribution in [1.82, 2.24) is 4.57 Å². The standard InChI is InChI=1S/C58H46N2/c1-5-17-41(18-6-1)43-29-33-48(34-30-43)59-54-28-16-15-27-51(54)52-36-35-49(40-57(52)59)60(56-38-31-45-23-13-14-26-50(45)58(56)46-24-11-4-12-25-46)55-37-32-47(42-19-7-2-8-20-42)39-53(55)44-21-9-3-10-22-44/h2-4,7-16,19-41H,1,5-6,17-18H2. The van der Waals surface area contributed by atoms with Gasteiger partial charge in [-0.05, 0) is 106 Å². The van der Waals surface area contributed by atoms with Crippen LogP contribution in [0.3, 0.4) is 0 Å². The molecule has 1 aromatic heterocycles. The Morgan fingerprint density at radius 3 is 1.77 bits per heavy atom. The molecule has 0 amide bonds. The van der Waals surface area contributed by atoms with Crippen molar-refractivity contribution in [2.24, 2.45) is 0 Å². The predicted molar refractivity (Wildman–Crippen MR) is 255 cm³/mol. The zero-order valence-corrected chi connectivity index (χ0v) is 33.7. The van der Waals surface area contributed by atoms with Gasteiger partial charge in [-0.3, -0.25) is 0 Å². The molecule has 0 atom stereocenters. The van der Waals surface area contributed by atoms with Crippen LogP contribution >= 0.6 is 0 Å². The van der Waals surface area contributed by atoms with Crippen molar-refractivity contribution in [1.29, 1.82) is 0 Å². The molecular weight excluding hydrogens is 725 g/mol. The third kappa shape index (κ3) is 6.46. The van der Waals surface area contributed by atoms with Gasteiger partial charge in [-0.15, -0.1) is 0 Å². The molecule has 0 radical (unpaired) electrons. The van der Waals surface area contributed by atoms with E-state index in [4.69, 9.17) is 0 Å². The number of rotatable bonds is 8. The smallest absolute Gasteiger partial charge is 0.0561 e. The number of benzene rings is 9. The number of aromatic nitrogens is 1. The van der Waals surface area contributed by atoms with Crippen LogP contribution in [0.2, 0.25) is 0 Å². The van der Waals surface area contributed by atoms with E-state index in [0.29, 0.717) is 5.92 Å². The van der Waals surface area contributed by atoms with Crippen LogP contribution in [-0.4, -0.2) is 4.57 Å². The maximum absolute atomic E-state index is 2.51. The van der Waals surface area contributed by atoms with Gasteiger partial charge in [-0.25, -0.2) is 0 Å². The maximum Gasteiger partial charge on any atom is 0.0561 e. The van der Waals surface area contributed by atoms with Crippen molar-refractivity contribution in [2.45, 2.75) is 38.0 Å². The van der Waals surface area contributed by atoms with E-state index in [1.54, 1.807) is 0 Å². The van der Waals surface area contributed by atoms with E-state index < -0.39 is 0 Å². The predicted octanol–water partition coefficient (Wildman–Crippen LogP) is 16.5. The van der Waals surface area contributed by atoms with Gasteiger partial charge in [0.1, 0.15) is 0 Å². The fraction of sp³-hybridized carbons (Fsp3) is 0.103. The van der Waals surface area contributed by atoms with Crippen molar-refractivity contribution in [3.63, 3.8) is 0 Å². The third-order valence-electron chi connectivity index (χ3n) is 12.8. The quantitative estimate of drug-likeness (QED) is 0.149. The minimum absolute atomic E-state index is 0.666. The van der Waals surface area contributed by atoms with E-state index in [-0.39, 0.29) is 0 Å². The Hall–Kier alpha value is -7.16. The summed E-state index contributed by atoms with van der Waals surface area (Å²) in [5.74, 6) is 0.666. The maximum atomic E-state index is 2.51. The second-order valence-electron chi connectivity index (χ2n) is 16.3. The highest BCUT2D eigenvalue weighted by molar-refractivity contribution is 6.12. The summed E-state index contributed by atoms with van der Waals surface area (Å²) in [6.45, 7) is 0. The summed E-state index contributed by atoms with van der Waals surface area (Å²) in [7, 11) is 0. The molecule has 0 spiro atoms. The second kappa shape index (κ2) is 15.5. The van der Waals surface area contributed by atoms with Gasteiger partial charge in [0.25, 0.3) is 0 Å². The van der Waals surface area contributed by atoms with Gasteiger partial charge in [-0.2, -0.15) is 0 Å². The van der Waals surface area contributed by atoms with E-state index in [2.05, 4.69) is 222 Å². The first-order chi connectivity index (χ1) is 29.8. The average molecular weight is 771 g/mol. The summed E-state index contributed by atoms with van der Waals surface area (Å²) in [5, 5.41) is 4.95. The number of anilines is 3. The van der Waals surface area contributed by atoms with Gasteiger partial charge in [0, 0.05) is 33.3 Å². The number of nitrogens with zero attached hydrogens (tertiary/aromatic N) is 2. The van der Waals surface area contributed by atoms with Crippen LogP contribution in [0.5, 0.6) is 0 Å². The molecule has 1 saturated carbocycles. The Balaban J connectivity index is 1.19. The second-order valence-corrected chi connectivity index (χ2v) is 16.3. The Bertz CT molecular complexity index is 3100. The SMILES string of the molecule is c1ccc(-c2ccc(N(c3ccc4c5ccccc5n(-c5ccc(C6CCCCC6)cc5)c4c3)c3ccc4ccccc4c3-c3ccccc3)c(-c3ccccc3)c2)cc1. The lowest BCUT2D eigenvalue weighted by Crippen LogP contribution is -2.13. The van der Waals surface area contributed by atoms with Crippen molar-refractivity contribution in [3.05, 3.63) is 218 Å². The Morgan fingerprint density at radius 1 is 0.400 bits per heavy atom. The lowest BCUT2D eigenvalue weighted by molar-refractivity contribution is 0.443. The molecule has 1 fully saturated rings. The molecule has 0 aliphatic heterocycles. The molecule has 1 heterocycles. The lowest BCUT2D eigenvalue weighted by atomic mass is 9.84. The number of hydrogen-bond acceptors (Lipinski definition) is 1. The highest BCUT2D eigenvalue weighted by Gasteiger charge is 2.25. The molecule has 2 nitrogen and oxygen atoms in total. The first kappa shape index (κ1) is 36.0. The van der Waals surface area contributed by atoms with Crippen LogP contribution < -0.4 is 4.90 Å². The van der Waals surface area contributed by atoms with E-state index in [0.717, 1.165) is 17.1 Å². The first-order valence-corrected chi connectivity index (χ1v) is 21.5. The first-order valence-electron chi connectivity index (χ1n) is 21.5. The summed E-state index contributed by atoms with van der Waals surface area (Å²) < 4.78 is 2.48. The van der Waals surface area contributed by atoms with Crippen LogP contribution in [0.25, 0.3) is 71.6 Å². The summed E-state index contributed by atoms with van der Waals surface area (Å²) in [5.41, 5.74) is 15.5. The van der Waals surface area contributed by atoms with E-state index in [9.17, 15) is 0 Å². The minimum Gasteiger partial charge on any atom is -0.309 e. The van der Waals surface area contributed by atoms with Gasteiger partial charge in [-0.1, -0.05) is 183 Å². The summed E-state index contributed by atoms with van der Waals surface area (Å²) in [6.07, 6.45) is 6.63. The molecule has 2 heteroatoms. The molecule has 1 aliphatic carbocycles. The number of fused-ring (bicyclic) bond motifs is 4. The molecule has 10 aromatic rings.